The third kappa shape index (κ3) is 5.04. The smallest absolute Gasteiger partial charge is 0.365 e. The molecule has 0 aliphatic carbocycles. The normalized spacial score (nSPS) is 29.1. The average molecular weight is 505 g/mol. The summed E-state index contributed by atoms with van der Waals surface area (Å²) >= 11 is 0. The molecule has 190 valence electrons. The van der Waals surface area contributed by atoms with E-state index in [1.807, 2.05) is 0 Å². The summed E-state index contributed by atoms with van der Waals surface area (Å²) in [5.41, 5.74) is -5.06. The lowest BCUT2D eigenvalue weighted by molar-refractivity contribution is -0.316. The van der Waals surface area contributed by atoms with E-state index in [1.54, 1.807) is 0 Å². The van der Waals surface area contributed by atoms with Gasteiger partial charge in [0.1, 0.15) is 12.2 Å². The Hall–Kier alpha value is -1.06. The van der Waals surface area contributed by atoms with Crippen molar-refractivity contribution in [2.24, 2.45) is 5.92 Å². The molecule has 0 aromatic heterocycles. The van der Waals surface area contributed by atoms with Gasteiger partial charge in [-0.15, -0.1) is 0 Å². The molecule has 0 amide bonds. The van der Waals surface area contributed by atoms with E-state index >= 15 is 4.39 Å². The predicted octanol–water partition coefficient (Wildman–Crippen LogP) is 5.91. The van der Waals surface area contributed by atoms with Gasteiger partial charge < -0.3 is 4.74 Å². The predicted molar refractivity (Wildman–Crippen MR) is 78.9 cm³/mol. The number of halogens is 14. The van der Waals surface area contributed by atoms with Gasteiger partial charge in [0.25, 0.3) is 11.8 Å². The Bertz CT molecular complexity index is 638. The van der Waals surface area contributed by atoms with Crippen LogP contribution in [0.25, 0.3) is 0 Å². The summed E-state index contributed by atoms with van der Waals surface area (Å²) in [6, 6.07) is 0. The fourth-order valence-electron chi connectivity index (χ4n) is 3.80. The first kappa shape index (κ1) is 27.2. The minimum atomic E-state index is -6.14. The molecule has 0 radical (unpaired) electrons. The van der Waals surface area contributed by atoms with Crippen LogP contribution in [0.2, 0.25) is 0 Å². The maximum absolute atomic E-state index is 15.1. The van der Waals surface area contributed by atoms with Crippen molar-refractivity contribution in [3.8, 4) is 0 Å². The number of likely N-dealkylation sites (tertiary alicyclic amines) is 1. The summed E-state index contributed by atoms with van der Waals surface area (Å²) in [4.78, 5) is 0.0955. The highest BCUT2D eigenvalue weighted by Crippen LogP contribution is 2.50. The van der Waals surface area contributed by atoms with Gasteiger partial charge in [0.15, 0.2) is 6.30 Å². The van der Waals surface area contributed by atoms with E-state index in [2.05, 4.69) is 4.74 Å². The van der Waals surface area contributed by atoms with Crippen LogP contribution in [0.5, 0.6) is 0 Å². The van der Waals surface area contributed by atoms with Gasteiger partial charge in [0.05, 0.1) is 5.92 Å². The zero-order chi connectivity index (χ0) is 24.9. The van der Waals surface area contributed by atoms with Gasteiger partial charge in [-0.25, -0.2) is 22.0 Å². The second kappa shape index (κ2) is 8.62. The van der Waals surface area contributed by atoms with Crippen LogP contribution in [0, 0.1) is 5.92 Å². The molecule has 0 spiro atoms. The van der Waals surface area contributed by atoms with Gasteiger partial charge in [-0.3, -0.25) is 4.90 Å². The van der Waals surface area contributed by atoms with Crippen LogP contribution in [0.1, 0.15) is 25.7 Å². The van der Waals surface area contributed by atoms with E-state index < -0.39 is 99.5 Å². The Balaban J connectivity index is 2.22. The molecule has 2 heterocycles. The zero-order valence-electron chi connectivity index (χ0n) is 15.8. The zero-order valence-corrected chi connectivity index (χ0v) is 15.8. The number of rotatable bonds is 5. The molecule has 2 saturated heterocycles. The van der Waals surface area contributed by atoms with Gasteiger partial charge in [0, 0.05) is 13.1 Å². The molecular formula is C16H17F14NO. The van der Waals surface area contributed by atoms with Crippen LogP contribution < -0.4 is 0 Å². The Morgan fingerprint density at radius 1 is 0.688 bits per heavy atom. The SMILES string of the molecule is FC(C(F)(F)F)C(F)(F)C1CCC(C(F)(C(F)N2CCC(C(F)(F)F)CC2)C(F)(F)F)O1. The van der Waals surface area contributed by atoms with Gasteiger partial charge in [-0.05, 0) is 25.7 Å². The lowest BCUT2D eigenvalue weighted by atomic mass is 9.90. The summed E-state index contributed by atoms with van der Waals surface area (Å²) < 4.78 is 190. The topological polar surface area (TPSA) is 12.5 Å². The molecular weight excluding hydrogens is 488 g/mol. The van der Waals surface area contributed by atoms with E-state index in [0.717, 1.165) is 0 Å². The second-order valence-electron chi connectivity index (χ2n) is 7.72. The highest BCUT2D eigenvalue weighted by Gasteiger charge is 2.71. The van der Waals surface area contributed by atoms with Crippen LogP contribution >= 0.6 is 0 Å². The van der Waals surface area contributed by atoms with Crippen LogP contribution in [-0.2, 0) is 4.74 Å². The molecule has 5 unspecified atom stereocenters. The average Bonchev–Trinajstić information content (AvgIpc) is 3.15. The Labute approximate surface area is 171 Å². The molecule has 5 atom stereocenters. The Kier molecular flexibility index (Phi) is 7.32. The van der Waals surface area contributed by atoms with E-state index in [4.69, 9.17) is 0 Å². The maximum atomic E-state index is 15.1. The minimum Gasteiger partial charge on any atom is -0.365 e. The molecule has 32 heavy (non-hydrogen) atoms. The third-order valence-corrected chi connectivity index (χ3v) is 5.64. The quantitative estimate of drug-likeness (QED) is 0.341. The molecule has 2 aliphatic rings. The van der Waals surface area contributed by atoms with Gasteiger partial charge >= 0.3 is 24.5 Å². The third-order valence-electron chi connectivity index (χ3n) is 5.64. The number of nitrogens with zero attached hydrogens (tertiary/aromatic N) is 1. The van der Waals surface area contributed by atoms with E-state index in [1.165, 1.54) is 0 Å². The Morgan fingerprint density at radius 2 is 1.16 bits per heavy atom. The van der Waals surface area contributed by atoms with Crippen molar-refractivity contribution in [3.05, 3.63) is 0 Å². The van der Waals surface area contributed by atoms with Crippen molar-refractivity contribution in [1.29, 1.82) is 0 Å². The number of ether oxygens (including phenoxy) is 1. The monoisotopic (exact) mass is 505 g/mol. The first-order valence-corrected chi connectivity index (χ1v) is 9.18. The molecule has 16 heteroatoms. The second-order valence-corrected chi connectivity index (χ2v) is 7.72. The minimum absolute atomic E-state index is 0.0955. The highest BCUT2D eigenvalue weighted by atomic mass is 19.4. The van der Waals surface area contributed by atoms with Crippen LogP contribution in [0.3, 0.4) is 0 Å². The molecule has 2 aliphatic heterocycles. The number of hydrogen-bond acceptors (Lipinski definition) is 2. The van der Waals surface area contributed by atoms with Crippen molar-refractivity contribution < 1.29 is 66.2 Å². The molecule has 0 aromatic rings. The van der Waals surface area contributed by atoms with Crippen molar-refractivity contribution in [3.63, 3.8) is 0 Å². The van der Waals surface area contributed by atoms with Crippen LogP contribution in [0.4, 0.5) is 61.5 Å². The number of alkyl halides is 14. The standard InChI is InChI=1S/C16H17F14NO/c17-10(15(25,26)27)13(20,21)9-2-1-8(32-9)12(19,16(28,29)30)11(18)31-5-3-7(4-6-31)14(22,23)24/h7-11H,1-6H2. The first-order valence-electron chi connectivity index (χ1n) is 9.18. The molecule has 0 saturated carbocycles. The molecule has 0 N–H and O–H groups in total. The van der Waals surface area contributed by atoms with Crippen LogP contribution in [-0.4, -0.2) is 72.8 Å². The largest absolute Gasteiger partial charge is 0.429 e. The van der Waals surface area contributed by atoms with Crippen LogP contribution in [0.15, 0.2) is 0 Å². The molecule has 2 rings (SSSR count). The van der Waals surface area contributed by atoms with Gasteiger partial charge in [0.2, 0.25) is 0 Å². The summed E-state index contributed by atoms with van der Waals surface area (Å²) in [5, 5.41) is 0. The summed E-state index contributed by atoms with van der Waals surface area (Å²) in [7, 11) is 0. The van der Waals surface area contributed by atoms with Crippen molar-refractivity contribution in [2.75, 3.05) is 13.1 Å². The number of hydrogen-bond donors (Lipinski definition) is 0. The highest BCUT2D eigenvalue weighted by molar-refractivity contribution is 5.06. The summed E-state index contributed by atoms with van der Waals surface area (Å²) in [5.74, 6) is -7.36. The lowest BCUT2D eigenvalue weighted by Crippen LogP contribution is -2.64. The first-order chi connectivity index (χ1) is 14.2. The van der Waals surface area contributed by atoms with Crippen molar-refractivity contribution >= 4 is 0 Å². The maximum Gasteiger partial charge on any atom is 0.429 e. The number of piperidine rings is 1. The van der Waals surface area contributed by atoms with Crippen molar-refractivity contribution in [2.45, 2.75) is 80.5 Å². The fraction of sp³-hybridized carbons (Fsp3) is 1.00. The van der Waals surface area contributed by atoms with E-state index in [0.29, 0.717) is 0 Å². The molecule has 0 aromatic carbocycles. The van der Waals surface area contributed by atoms with E-state index in [9.17, 15) is 57.1 Å². The summed E-state index contributed by atoms with van der Waals surface area (Å²) in [6.07, 6.45) is -36.1. The van der Waals surface area contributed by atoms with Crippen molar-refractivity contribution in [1.82, 2.24) is 4.90 Å². The van der Waals surface area contributed by atoms with Gasteiger partial charge in [-0.1, -0.05) is 0 Å². The molecule has 2 nitrogen and oxygen atoms in total. The lowest BCUT2D eigenvalue weighted by Gasteiger charge is -2.42. The fourth-order valence-corrected chi connectivity index (χ4v) is 3.80. The Morgan fingerprint density at radius 3 is 1.56 bits per heavy atom. The summed E-state index contributed by atoms with van der Waals surface area (Å²) in [6.45, 7) is -1.92. The molecule has 0 bridgehead atoms. The van der Waals surface area contributed by atoms with Gasteiger partial charge in [-0.2, -0.15) is 39.5 Å². The van der Waals surface area contributed by atoms with E-state index in [-0.39, 0.29) is 4.90 Å². The molecule has 2 fully saturated rings.